The normalized spacial score (nSPS) is 18.3. The third kappa shape index (κ3) is 4.09. The zero-order valence-electron chi connectivity index (χ0n) is 18.3. The second-order valence-electron chi connectivity index (χ2n) is 8.44. The van der Waals surface area contributed by atoms with Gasteiger partial charge >= 0.3 is 0 Å². The second kappa shape index (κ2) is 8.90. The van der Waals surface area contributed by atoms with Gasteiger partial charge in [-0.3, -0.25) is 9.36 Å². The molecule has 0 radical (unpaired) electrons. The Bertz CT molecular complexity index is 1200. The van der Waals surface area contributed by atoms with Crippen molar-refractivity contribution in [1.82, 2.24) is 19.4 Å². The van der Waals surface area contributed by atoms with E-state index in [2.05, 4.69) is 20.2 Å². The molecule has 1 fully saturated rings. The lowest BCUT2D eigenvalue weighted by molar-refractivity contribution is 0.146. The van der Waals surface area contributed by atoms with E-state index >= 15 is 0 Å². The summed E-state index contributed by atoms with van der Waals surface area (Å²) in [6, 6.07) is 5.16. The maximum atomic E-state index is 14.6. The molecule has 0 amide bonds. The predicted molar refractivity (Wildman–Crippen MR) is 118 cm³/mol. The standard InChI is InChI=1S/C23H26F3N5O/c1-13(15-7-4-8-16(19(15)24)20(25)26)29-21-18-10-17(14-6-5-9-30(2)11-14)23(32)31(3)22(18)28-12-27-21/h4,7-8,10,12-14,20H,5-6,9,11H2,1-3H3,(H,27,28,29)/t13-,14-/m1/s1. The number of benzene rings is 1. The van der Waals surface area contributed by atoms with E-state index in [-0.39, 0.29) is 17.0 Å². The molecular formula is C23H26F3N5O. The largest absolute Gasteiger partial charge is 0.363 e. The van der Waals surface area contributed by atoms with Crippen molar-refractivity contribution in [3.63, 3.8) is 0 Å². The van der Waals surface area contributed by atoms with Gasteiger partial charge in [-0.2, -0.15) is 0 Å². The van der Waals surface area contributed by atoms with Gasteiger partial charge in [-0.1, -0.05) is 18.2 Å². The number of nitrogens with one attached hydrogen (secondary N) is 1. The molecule has 0 aliphatic carbocycles. The fourth-order valence-corrected chi connectivity index (χ4v) is 4.48. The van der Waals surface area contributed by atoms with Crippen LogP contribution >= 0.6 is 0 Å². The Kier molecular flexibility index (Phi) is 6.19. The molecule has 6 nitrogen and oxygen atoms in total. The van der Waals surface area contributed by atoms with Gasteiger partial charge in [0.25, 0.3) is 12.0 Å². The summed E-state index contributed by atoms with van der Waals surface area (Å²) in [5.41, 5.74) is 0.548. The summed E-state index contributed by atoms with van der Waals surface area (Å²) in [6.07, 6.45) is 0.364. The number of anilines is 1. The highest BCUT2D eigenvalue weighted by Crippen LogP contribution is 2.31. The lowest BCUT2D eigenvalue weighted by Crippen LogP contribution is -2.34. The molecule has 170 valence electrons. The number of aromatic nitrogens is 3. The molecule has 0 unspecified atom stereocenters. The topological polar surface area (TPSA) is 63.1 Å². The minimum Gasteiger partial charge on any atom is -0.363 e. The van der Waals surface area contributed by atoms with Crippen LogP contribution in [-0.2, 0) is 7.05 Å². The van der Waals surface area contributed by atoms with Gasteiger partial charge in [0.1, 0.15) is 23.6 Å². The smallest absolute Gasteiger partial charge is 0.266 e. The molecular weight excluding hydrogens is 419 g/mol. The summed E-state index contributed by atoms with van der Waals surface area (Å²) in [5.74, 6) is -0.410. The van der Waals surface area contributed by atoms with Crippen molar-refractivity contribution in [1.29, 1.82) is 0 Å². The summed E-state index contributed by atoms with van der Waals surface area (Å²) < 4.78 is 42.4. The number of rotatable bonds is 5. The number of hydrogen-bond donors (Lipinski definition) is 1. The van der Waals surface area contributed by atoms with E-state index < -0.39 is 23.8 Å². The zero-order chi connectivity index (χ0) is 23.0. The van der Waals surface area contributed by atoms with Crippen LogP contribution in [0.1, 0.15) is 54.8 Å². The van der Waals surface area contributed by atoms with Crippen LogP contribution < -0.4 is 10.9 Å². The van der Waals surface area contributed by atoms with Crippen molar-refractivity contribution in [2.24, 2.45) is 7.05 Å². The molecule has 0 bridgehead atoms. The first-order valence-electron chi connectivity index (χ1n) is 10.6. The Labute approximate surface area is 184 Å². The number of likely N-dealkylation sites (N-methyl/N-ethyl adjacent to an activating group) is 1. The number of halogens is 3. The molecule has 1 saturated heterocycles. The quantitative estimate of drug-likeness (QED) is 0.631. The molecule has 2 aromatic heterocycles. The fourth-order valence-electron chi connectivity index (χ4n) is 4.48. The highest BCUT2D eigenvalue weighted by molar-refractivity contribution is 5.87. The van der Waals surface area contributed by atoms with Gasteiger partial charge in [-0.05, 0) is 39.4 Å². The maximum Gasteiger partial charge on any atom is 0.266 e. The first kappa shape index (κ1) is 22.3. The summed E-state index contributed by atoms with van der Waals surface area (Å²) in [7, 11) is 3.71. The average molecular weight is 445 g/mol. The minimum atomic E-state index is -2.90. The van der Waals surface area contributed by atoms with E-state index in [1.807, 2.05) is 13.1 Å². The third-order valence-electron chi connectivity index (χ3n) is 6.21. The van der Waals surface area contributed by atoms with Crippen molar-refractivity contribution in [3.05, 3.63) is 63.5 Å². The molecule has 2 atom stereocenters. The summed E-state index contributed by atoms with van der Waals surface area (Å²) in [6.45, 7) is 3.47. The third-order valence-corrected chi connectivity index (χ3v) is 6.21. The van der Waals surface area contributed by atoms with E-state index in [0.717, 1.165) is 32.0 Å². The molecule has 32 heavy (non-hydrogen) atoms. The van der Waals surface area contributed by atoms with Gasteiger partial charge in [-0.15, -0.1) is 0 Å². The maximum absolute atomic E-state index is 14.6. The van der Waals surface area contributed by atoms with E-state index in [1.54, 1.807) is 14.0 Å². The lowest BCUT2D eigenvalue weighted by atomic mass is 9.91. The molecule has 0 spiro atoms. The predicted octanol–water partition coefficient (Wildman–Crippen LogP) is 4.39. The summed E-state index contributed by atoms with van der Waals surface area (Å²) in [5, 5.41) is 3.77. The molecule has 1 aliphatic rings. The van der Waals surface area contributed by atoms with Crippen LogP contribution in [0.25, 0.3) is 11.0 Å². The van der Waals surface area contributed by atoms with Crippen LogP contribution in [-0.4, -0.2) is 39.6 Å². The Morgan fingerprint density at radius 2 is 1.94 bits per heavy atom. The number of hydrogen-bond acceptors (Lipinski definition) is 5. The average Bonchev–Trinajstić information content (AvgIpc) is 2.76. The Hall–Kier alpha value is -2.94. The number of nitrogens with zero attached hydrogens (tertiary/aromatic N) is 4. The Balaban J connectivity index is 1.75. The summed E-state index contributed by atoms with van der Waals surface area (Å²) >= 11 is 0. The Morgan fingerprint density at radius 1 is 1.19 bits per heavy atom. The van der Waals surface area contributed by atoms with Crippen molar-refractivity contribution < 1.29 is 13.2 Å². The number of aryl methyl sites for hydroxylation is 1. The van der Waals surface area contributed by atoms with Gasteiger partial charge < -0.3 is 10.2 Å². The number of piperidine rings is 1. The first-order valence-corrected chi connectivity index (χ1v) is 10.6. The van der Waals surface area contributed by atoms with Gasteiger partial charge in [0, 0.05) is 30.6 Å². The first-order chi connectivity index (χ1) is 15.3. The molecule has 3 heterocycles. The van der Waals surface area contributed by atoms with E-state index in [4.69, 9.17) is 0 Å². The van der Waals surface area contributed by atoms with Crippen LogP contribution in [0.3, 0.4) is 0 Å². The van der Waals surface area contributed by atoms with E-state index in [1.165, 1.54) is 23.0 Å². The molecule has 3 aromatic rings. The van der Waals surface area contributed by atoms with Crippen molar-refractivity contribution >= 4 is 16.9 Å². The molecule has 9 heteroatoms. The number of pyridine rings is 1. The number of alkyl halides is 2. The zero-order valence-corrected chi connectivity index (χ0v) is 18.3. The lowest BCUT2D eigenvalue weighted by Gasteiger charge is -2.30. The van der Waals surface area contributed by atoms with Crippen LogP contribution in [0.4, 0.5) is 19.0 Å². The van der Waals surface area contributed by atoms with Crippen molar-refractivity contribution in [2.45, 2.75) is 38.2 Å². The van der Waals surface area contributed by atoms with Gasteiger partial charge in [0.05, 0.1) is 17.0 Å². The molecule has 0 saturated carbocycles. The highest BCUT2D eigenvalue weighted by atomic mass is 19.3. The van der Waals surface area contributed by atoms with Crippen molar-refractivity contribution in [3.8, 4) is 0 Å². The van der Waals surface area contributed by atoms with Crippen molar-refractivity contribution in [2.75, 3.05) is 25.5 Å². The number of fused-ring (bicyclic) bond motifs is 1. The van der Waals surface area contributed by atoms with Crippen LogP contribution in [0, 0.1) is 5.82 Å². The van der Waals surface area contributed by atoms with E-state index in [0.29, 0.717) is 22.4 Å². The fraction of sp³-hybridized carbons (Fsp3) is 0.435. The van der Waals surface area contributed by atoms with Gasteiger partial charge in [0.2, 0.25) is 0 Å². The highest BCUT2D eigenvalue weighted by Gasteiger charge is 2.25. The Morgan fingerprint density at radius 3 is 2.66 bits per heavy atom. The minimum absolute atomic E-state index is 0.0915. The molecule has 4 rings (SSSR count). The van der Waals surface area contributed by atoms with Gasteiger partial charge in [-0.25, -0.2) is 23.1 Å². The molecule has 1 aliphatic heterocycles. The molecule has 1 N–H and O–H groups in total. The monoisotopic (exact) mass is 445 g/mol. The second-order valence-corrected chi connectivity index (χ2v) is 8.44. The van der Waals surface area contributed by atoms with Gasteiger partial charge in [0.15, 0.2) is 0 Å². The molecule has 1 aromatic carbocycles. The van der Waals surface area contributed by atoms with Crippen LogP contribution in [0.2, 0.25) is 0 Å². The number of likely N-dealkylation sites (tertiary alicyclic amines) is 1. The van der Waals surface area contributed by atoms with E-state index in [9.17, 15) is 18.0 Å². The van der Waals surface area contributed by atoms with Crippen LogP contribution in [0.5, 0.6) is 0 Å². The SMILES string of the molecule is C[C@@H](Nc1ncnc2c1cc([C@@H]1CCCN(C)C1)c(=O)n2C)c1cccc(C(F)F)c1F. The summed E-state index contributed by atoms with van der Waals surface area (Å²) in [4.78, 5) is 23.8. The van der Waals surface area contributed by atoms with Crippen LogP contribution in [0.15, 0.2) is 35.4 Å².